The van der Waals surface area contributed by atoms with Crippen LogP contribution in [0.2, 0.25) is 0 Å². The van der Waals surface area contributed by atoms with E-state index in [1.54, 1.807) is 29.9 Å². The van der Waals surface area contributed by atoms with Crippen molar-refractivity contribution < 1.29 is 4.79 Å². The molecule has 0 aliphatic carbocycles. The van der Waals surface area contributed by atoms with E-state index in [1.165, 1.54) is 0 Å². The number of aromatic nitrogens is 5. The molecule has 0 saturated carbocycles. The molecule has 8 nitrogen and oxygen atoms in total. The van der Waals surface area contributed by atoms with Gasteiger partial charge in [-0.15, -0.1) is 11.3 Å². The van der Waals surface area contributed by atoms with Crippen LogP contribution < -0.4 is 5.73 Å². The van der Waals surface area contributed by atoms with Gasteiger partial charge in [0.2, 0.25) is 0 Å². The molecule has 4 aromatic heterocycles. The monoisotopic (exact) mass is 445 g/mol. The summed E-state index contributed by atoms with van der Waals surface area (Å²) in [4.78, 5) is 33.1. The molecule has 0 bridgehead atoms. The first-order valence-corrected chi connectivity index (χ1v) is 11.2. The molecule has 1 aromatic carbocycles. The molecule has 0 spiro atoms. The van der Waals surface area contributed by atoms with Gasteiger partial charge in [-0.1, -0.05) is 13.8 Å². The van der Waals surface area contributed by atoms with Crippen molar-refractivity contribution in [2.45, 2.75) is 27.3 Å². The number of nitrogens with zero attached hydrogens (tertiary/aromatic N) is 6. The normalized spacial score (nSPS) is 11.8. The quantitative estimate of drug-likeness (QED) is 0.437. The third-order valence-electron chi connectivity index (χ3n) is 5.34. The van der Waals surface area contributed by atoms with Crippen molar-refractivity contribution in [1.82, 2.24) is 29.2 Å². The van der Waals surface area contributed by atoms with Gasteiger partial charge in [-0.05, 0) is 37.1 Å². The van der Waals surface area contributed by atoms with Gasteiger partial charge in [-0.25, -0.2) is 15.0 Å². The minimum Gasteiger partial charge on any atom is -0.382 e. The smallest absolute Gasteiger partial charge is 0.254 e. The van der Waals surface area contributed by atoms with Gasteiger partial charge >= 0.3 is 0 Å². The molecule has 4 heterocycles. The molecule has 162 valence electrons. The number of rotatable bonds is 5. The number of nitrogen functional groups attached to an aromatic ring is 1. The van der Waals surface area contributed by atoms with Crippen molar-refractivity contribution >= 4 is 49.8 Å². The van der Waals surface area contributed by atoms with E-state index in [4.69, 9.17) is 5.73 Å². The highest BCUT2D eigenvalue weighted by Gasteiger charge is 2.21. The highest BCUT2D eigenvalue weighted by atomic mass is 32.1. The first-order chi connectivity index (χ1) is 15.4. The topological polar surface area (TPSA) is 102 Å². The van der Waals surface area contributed by atoms with Crippen LogP contribution in [0.5, 0.6) is 0 Å². The molecule has 2 N–H and O–H groups in total. The summed E-state index contributed by atoms with van der Waals surface area (Å²) in [5, 5.41) is 0.894. The lowest BCUT2D eigenvalue weighted by Crippen LogP contribution is -2.33. The van der Waals surface area contributed by atoms with E-state index in [9.17, 15) is 4.79 Å². The molecular weight excluding hydrogens is 422 g/mol. The summed E-state index contributed by atoms with van der Waals surface area (Å²) in [6.45, 7) is 7.20. The summed E-state index contributed by atoms with van der Waals surface area (Å²) in [5.74, 6) is 1.50. The van der Waals surface area contributed by atoms with E-state index in [0.717, 1.165) is 37.6 Å². The standard InChI is InChI=1S/C23H23N7OS/c1-13(2)11-29(12-21-27-17-9-25-7-6-20(17)32-21)23(31)15-4-5-16-18(8-15)30-14(3)26-10-19(30)22(24)28-16/h4-10,13H,11-12H2,1-3H3,(H2,24,28). The van der Waals surface area contributed by atoms with Gasteiger partial charge in [0, 0.05) is 18.3 Å². The zero-order chi connectivity index (χ0) is 22.4. The number of amides is 1. The highest BCUT2D eigenvalue weighted by molar-refractivity contribution is 7.18. The van der Waals surface area contributed by atoms with E-state index in [-0.39, 0.29) is 5.91 Å². The van der Waals surface area contributed by atoms with E-state index in [0.29, 0.717) is 30.4 Å². The molecule has 0 saturated heterocycles. The van der Waals surface area contributed by atoms with Crippen LogP contribution in [0.3, 0.4) is 0 Å². The van der Waals surface area contributed by atoms with Crippen LogP contribution in [0.1, 0.15) is 35.0 Å². The van der Waals surface area contributed by atoms with Crippen LogP contribution in [-0.2, 0) is 6.54 Å². The van der Waals surface area contributed by atoms with Crippen LogP contribution in [0, 0.1) is 12.8 Å². The lowest BCUT2D eigenvalue weighted by molar-refractivity contribution is 0.0722. The Morgan fingerprint density at radius 2 is 2.00 bits per heavy atom. The zero-order valence-corrected chi connectivity index (χ0v) is 18.9. The van der Waals surface area contributed by atoms with Gasteiger partial charge in [0.25, 0.3) is 5.91 Å². The van der Waals surface area contributed by atoms with Crippen molar-refractivity contribution in [1.29, 1.82) is 0 Å². The number of hydrogen-bond donors (Lipinski definition) is 1. The summed E-state index contributed by atoms with van der Waals surface area (Å²) in [7, 11) is 0. The molecule has 0 aliphatic heterocycles. The first kappa shape index (κ1) is 20.3. The molecule has 0 atom stereocenters. The Labute approximate surface area is 188 Å². The largest absolute Gasteiger partial charge is 0.382 e. The molecule has 0 fully saturated rings. The van der Waals surface area contributed by atoms with Crippen LogP contribution in [0.4, 0.5) is 5.82 Å². The van der Waals surface area contributed by atoms with Crippen molar-refractivity contribution in [3.8, 4) is 0 Å². The van der Waals surface area contributed by atoms with Crippen LogP contribution >= 0.6 is 11.3 Å². The molecule has 0 unspecified atom stereocenters. The fourth-order valence-corrected chi connectivity index (χ4v) is 4.90. The Kier molecular flexibility index (Phi) is 4.97. The van der Waals surface area contributed by atoms with E-state index in [1.807, 2.05) is 40.5 Å². The maximum Gasteiger partial charge on any atom is 0.254 e. The Morgan fingerprint density at radius 3 is 2.78 bits per heavy atom. The summed E-state index contributed by atoms with van der Waals surface area (Å²) < 4.78 is 3.01. The van der Waals surface area contributed by atoms with Crippen molar-refractivity contribution in [2.24, 2.45) is 5.92 Å². The number of nitrogens with two attached hydrogens (primary N) is 1. The summed E-state index contributed by atoms with van der Waals surface area (Å²) >= 11 is 1.59. The third kappa shape index (κ3) is 3.54. The molecule has 0 radical (unpaired) electrons. The number of hydrogen-bond acceptors (Lipinski definition) is 7. The SMILES string of the molecule is Cc1ncc2c(N)nc3ccc(C(=O)N(Cc4nc5cnccc5s4)CC(C)C)cc3n12. The first-order valence-electron chi connectivity index (χ1n) is 10.4. The Morgan fingerprint density at radius 1 is 1.16 bits per heavy atom. The van der Waals surface area contributed by atoms with Gasteiger partial charge in [0.1, 0.15) is 22.2 Å². The molecule has 32 heavy (non-hydrogen) atoms. The molecular formula is C23H23N7OS. The second kappa shape index (κ2) is 7.83. The maximum atomic E-state index is 13.6. The summed E-state index contributed by atoms with van der Waals surface area (Å²) in [5.41, 5.74) is 9.83. The van der Waals surface area contributed by atoms with Crippen LogP contribution in [-0.4, -0.2) is 41.7 Å². The molecule has 0 aliphatic rings. The number of thiazole rings is 1. The Bertz CT molecular complexity index is 1440. The number of anilines is 1. The minimum atomic E-state index is -0.0410. The highest BCUT2D eigenvalue weighted by Crippen LogP contribution is 2.25. The maximum absolute atomic E-state index is 13.6. The van der Waals surface area contributed by atoms with Gasteiger partial charge in [-0.2, -0.15) is 0 Å². The van der Waals surface area contributed by atoms with E-state index >= 15 is 0 Å². The van der Waals surface area contributed by atoms with Crippen LogP contribution in [0.25, 0.3) is 26.8 Å². The second-order valence-electron chi connectivity index (χ2n) is 8.26. The average molecular weight is 446 g/mol. The van der Waals surface area contributed by atoms with Crippen LogP contribution in [0.15, 0.2) is 42.9 Å². The fraction of sp³-hybridized carbons (Fsp3) is 0.261. The number of carbonyl (C=O) groups excluding carboxylic acids is 1. The Balaban J connectivity index is 1.54. The number of pyridine rings is 1. The van der Waals surface area contributed by atoms with Gasteiger partial charge in [0.15, 0.2) is 0 Å². The summed E-state index contributed by atoms with van der Waals surface area (Å²) in [6.07, 6.45) is 5.22. The number of imidazole rings is 1. The number of fused-ring (bicyclic) bond motifs is 4. The lowest BCUT2D eigenvalue weighted by Gasteiger charge is -2.24. The fourth-order valence-electron chi connectivity index (χ4n) is 3.95. The van der Waals surface area contributed by atoms with E-state index in [2.05, 4.69) is 33.8 Å². The average Bonchev–Trinajstić information content (AvgIpc) is 3.36. The molecule has 5 rings (SSSR count). The minimum absolute atomic E-state index is 0.0410. The van der Waals surface area contributed by atoms with Gasteiger partial charge in [-0.3, -0.25) is 14.2 Å². The van der Waals surface area contributed by atoms with Crippen molar-refractivity contribution in [3.05, 3.63) is 59.3 Å². The number of carbonyl (C=O) groups is 1. The third-order valence-corrected chi connectivity index (χ3v) is 6.36. The van der Waals surface area contributed by atoms with Crippen molar-refractivity contribution in [2.75, 3.05) is 12.3 Å². The van der Waals surface area contributed by atoms with Crippen molar-refractivity contribution in [3.63, 3.8) is 0 Å². The predicted molar refractivity (Wildman–Crippen MR) is 127 cm³/mol. The lowest BCUT2D eigenvalue weighted by atomic mass is 10.1. The van der Waals surface area contributed by atoms with Gasteiger partial charge in [0.05, 0.1) is 40.2 Å². The van der Waals surface area contributed by atoms with E-state index < -0.39 is 0 Å². The Hall–Kier alpha value is -3.59. The molecule has 1 amide bonds. The summed E-state index contributed by atoms with van der Waals surface area (Å²) in [6, 6.07) is 7.48. The predicted octanol–water partition coefficient (Wildman–Crippen LogP) is 4.08. The molecule has 9 heteroatoms. The number of benzene rings is 1. The second-order valence-corrected chi connectivity index (χ2v) is 9.37. The van der Waals surface area contributed by atoms with Gasteiger partial charge < -0.3 is 10.6 Å². The number of aryl methyl sites for hydroxylation is 1. The zero-order valence-electron chi connectivity index (χ0n) is 18.1. The molecule has 5 aromatic rings.